The zero-order chi connectivity index (χ0) is 22.9. The van der Waals surface area contributed by atoms with Crippen molar-refractivity contribution in [3.8, 4) is 0 Å². The number of halogens is 1. The van der Waals surface area contributed by atoms with Crippen LogP contribution >= 0.6 is 22.9 Å². The molecule has 0 saturated carbocycles. The number of aromatic nitrogens is 1. The van der Waals surface area contributed by atoms with E-state index in [1.165, 1.54) is 11.3 Å². The molecule has 164 valence electrons. The number of hydrogen-bond acceptors (Lipinski definition) is 5. The maximum absolute atomic E-state index is 13.5. The van der Waals surface area contributed by atoms with E-state index in [9.17, 15) is 9.59 Å². The van der Waals surface area contributed by atoms with Crippen LogP contribution in [0.15, 0.2) is 98.5 Å². The lowest BCUT2D eigenvalue weighted by atomic mass is 9.95. The number of carbonyl (C=O) groups is 1. The minimum atomic E-state index is -0.652. The quantitative estimate of drug-likeness (QED) is 0.482. The van der Waals surface area contributed by atoms with Gasteiger partial charge in [0.25, 0.3) is 11.5 Å². The average Bonchev–Trinajstić information content (AvgIpc) is 3.42. The molecule has 1 N–H and O–H groups in total. The second-order valence-corrected chi connectivity index (χ2v) is 8.91. The molecule has 5 rings (SSSR count). The molecule has 1 aliphatic rings. The van der Waals surface area contributed by atoms with Crippen molar-refractivity contribution in [1.29, 1.82) is 0 Å². The van der Waals surface area contributed by atoms with Crippen LogP contribution < -0.4 is 20.2 Å². The molecule has 0 spiro atoms. The molecule has 2 aromatic heterocycles. The van der Waals surface area contributed by atoms with Gasteiger partial charge in [-0.2, -0.15) is 0 Å². The lowest BCUT2D eigenvalue weighted by molar-refractivity contribution is -0.113. The van der Waals surface area contributed by atoms with Crippen molar-refractivity contribution in [1.82, 2.24) is 4.57 Å². The minimum absolute atomic E-state index is 0.243. The molecule has 33 heavy (non-hydrogen) atoms. The first-order valence-electron chi connectivity index (χ1n) is 10.2. The van der Waals surface area contributed by atoms with Gasteiger partial charge >= 0.3 is 0 Å². The highest BCUT2D eigenvalue weighted by Gasteiger charge is 2.32. The topological polar surface area (TPSA) is 76.6 Å². The highest BCUT2D eigenvalue weighted by atomic mass is 35.5. The molecule has 0 fully saturated rings. The summed E-state index contributed by atoms with van der Waals surface area (Å²) in [7, 11) is 0. The first-order valence-corrected chi connectivity index (χ1v) is 11.4. The third-order valence-corrected chi connectivity index (χ3v) is 6.54. The summed E-state index contributed by atoms with van der Waals surface area (Å²) >= 11 is 7.37. The summed E-state index contributed by atoms with van der Waals surface area (Å²) in [5.74, 6) is 0.253. The third-order valence-electron chi connectivity index (χ3n) is 5.30. The van der Waals surface area contributed by atoms with Gasteiger partial charge in [-0.15, -0.1) is 0 Å². The number of hydrogen-bond donors (Lipinski definition) is 1. The SMILES string of the molecule is CC1=C(C(=O)Nc2ccccc2)C(c2ccc(Cl)cc2)n2c(s/c(=C/c3ccco3)c2=O)=N1. The Morgan fingerprint density at radius 1 is 1.12 bits per heavy atom. The van der Waals surface area contributed by atoms with E-state index in [4.69, 9.17) is 16.0 Å². The normalized spacial score (nSPS) is 15.8. The highest BCUT2D eigenvalue weighted by Crippen LogP contribution is 2.31. The fraction of sp³-hybridized carbons (Fsp3) is 0.0800. The Morgan fingerprint density at radius 2 is 1.88 bits per heavy atom. The van der Waals surface area contributed by atoms with Crippen LogP contribution in [0.1, 0.15) is 24.3 Å². The van der Waals surface area contributed by atoms with Crippen LogP contribution in [0.3, 0.4) is 0 Å². The molecule has 0 bridgehead atoms. The summed E-state index contributed by atoms with van der Waals surface area (Å²) < 4.78 is 7.42. The van der Waals surface area contributed by atoms with Crippen LogP contribution in [0.4, 0.5) is 5.69 Å². The lowest BCUT2D eigenvalue weighted by Gasteiger charge is -2.25. The third kappa shape index (κ3) is 4.08. The van der Waals surface area contributed by atoms with Gasteiger partial charge in [0, 0.05) is 16.8 Å². The van der Waals surface area contributed by atoms with E-state index < -0.39 is 6.04 Å². The number of nitrogens with one attached hydrogen (secondary N) is 1. The van der Waals surface area contributed by atoms with Crippen molar-refractivity contribution in [2.24, 2.45) is 4.99 Å². The van der Waals surface area contributed by atoms with E-state index in [1.807, 2.05) is 42.5 Å². The van der Waals surface area contributed by atoms with Gasteiger partial charge in [0.15, 0.2) is 4.80 Å². The zero-order valence-corrected chi connectivity index (χ0v) is 19.1. The molecule has 4 aromatic rings. The van der Waals surface area contributed by atoms with E-state index >= 15 is 0 Å². The van der Waals surface area contributed by atoms with Gasteiger partial charge in [0.2, 0.25) is 0 Å². The van der Waals surface area contributed by atoms with Gasteiger partial charge in [-0.1, -0.05) is 53.3 Å². The molecule has 1 atom stereocenters. The fourth-order valence-electron chi connectivity index (χ4n) is 3.79. The van der Waals surface area contributed by atoms with Crippen LogP contribution in [-0.4, -0.2) is 10.5 Å². The number of para-hydroxylation sites is 1. The molecule has 1 aliphatic heterocycles. The smallest absolute Gasteiger partial charge is 0.271 e. The van der Waals surface area contributed by atoms with Crippen LogP contribution in [-0.2, 0) is 4.79 Å². The molecule has 1 amide bonds. The number of furan rings is 1. The van der Waals surface area contributed by atoms with Gasteiger partial charge in [-0.3, -0.25) is 14.2 Å². The Kier molecular flexibility index (Phi) is 5.58. The lowest BCUT2D eigenvalue weighted by Crippen LogP contribution is -2.40. The highest BCUT2D eigenvalue weighted by molar-refractivity contribution is 7.07. The van der Waals surface area contributed by atoms with E-state index in [2.05, 4.69) is 10.3 Å². The summed E-state index contributed by atoms with van der Waals surface area (Å²) in [5.41, 5.74) is 2.13. The van der Waals surface area contributed by atoms with Gasteiger partial charge < -0.3 is 9.73 Å². The van der Waals surface area contributed by atoms with Gasteiger partial charge in [-0.25, -0.2) is 4.99 Å². The van der Waals surface area contributed by atoms with Crippen molar-refractivity contribution in [2.75, 3.05) is 5.32 Å². The number of nitrogens with zero attached hydrogens (tertiary/aromatic N) is 2. The Balaban J connectivity index is 1.68. The summed E-state index contributed by atoms with van der Waals surface area (Å²) in [4.78, 5) is 32.0. The maximum atomic E-state index is 13.5. The number of benzene rings is 2. The molecular formula is C25H18ClN3O3S. The largest absolute Gasteiger partial charge is 0.465 e. The fourth-order valence-corrected chi connectivity index (χ4v) is 4.95. The van der Waals surface area contributed by atoms with Crippen molar-refractivity contribution in [3.05, 3.63) is 120 Å². The summed E-state index contributed by atoms with van der Waals surface area (Å²) in [6.45, 7) is 1.78. The Labute approximate surface area is 197 Å². The number of carbonyl (C=O) groups excluding carboxylic acids is 1. The van der Waals surface area contributed by atoms with Gasteiger partial charge in [0.05, 0.1) is 28.1 Å². The number of amides is 1. The number of allylic oxidation sites excluding steroid dienone is 1. The van der Waals surface area contributed by atoms with Crippen molar-refractivity contribution in [3.63, 3.8) is 0 Å². The second-order valence-electron chi connectivity index (χ2n) is 7.47. The van der Waals surface area contributed by atoms with Crippen molar-refractivity contribution in [2.45, 2.75) is 13.0 Å². The Morgan fingerprint density at radius 3 is 2.58 bits per heavy atom. The Hall–Kier alpha value is -3.68. The number of rotatable bonds is 4. The van der Waals surface area contributed by atoms with E-state index in [0.29, 0.717) is 37.1 Å². The maximum Gasteiger partial charge on any atom is 0.271 e. The average molecular weight is 476 g/mol. The molecule has 0 saturated heterocycles. The first-order chi connectivity index (χ1) is 16.0. The number of thiazole rings is 1. The van der Waals surface area contributed by atoms with Crippen LogP contribution in [0, 0.1) is 0 Å². The molecule has 0 radical (unpaired) electrons. The molecule has 0 aliphatic carbocycles. The summed E-state index contributed by atoms with van der Waals surface area (Å²) in [6, 6.07) is 19.2. The molecule has 3 heterocycles. The molecular weight excluding hydrogens is 458 g/mol. The predicted molar refractivity (Wildman–Crippen MR) is 129 cm³/mol. The zero-order valence-electron chi connectivity index (χ0n) is 17.5. The summed E-state index contributed by atoms with van der Waals surface area (Å²) in [6.07, 6.45) is 3.24. The van der Waals surface area contributed by atoms with Gasteiger partial charge in [0.1, 0.15) is 5.76 Å². The number of anilines is 1. The standard InChI is InChI=1S/C25H18ClN3O3S/c1-15-21(23(30)28-18-6-3-2-4-7-18)22(16-9-11-17(26)12-10-16)29-24(31)20(33-25(29)27-15)14-19-8-5-13-32-19/h2-14,22H,1H3,(H,28,30)/b20-14+. The van der Waals surface area contributed by atoms with E-state index in [0.717, 1.165) is 5.56 Å². The molecule has 1 unspecified atom stereocenters. The Bertz CT molecular complexity index is 1530. The van der Waals surface area contributed by atoms with Crippen LogP contribution in [0.25, 0.3) is 6.08 Å². The summed E-state index contributed by atoms with van der Waals surface area (Å²) in [5, 5.41) is 3.50. The van der Waals surface area contributed by atoms with E-state index in [1.54, 1.807) is 48.1 Å². The van der Waals surface area contributed by atoms with Gasteiger partial charge in [-0.05, 0) is 48.9 Å². The second kappa shape index (κ2) is 8.69. The van der Waals surface area contributed by atoms with Crippen LogP contribution in [0.2, 0.25) is 5.02 Å². The molecule has 2 aromatic carbocycles. The van der Waals surface area contributed by atoms with E-state index in [-0.39, 0.29) is 11.5 Å². The monoisotopic (exact) mass is 475 g/mol. The number of fused-ring (bicyclic) bond motifs is 1. The first kappa shape index (κ1) is 21.2. The van der Waals surface area contributed by atoms with Crippen molar-refractivity contribution >= 4 is 40.6 Å². The molecule has 8 heteroatoms. The van der Waals surface area contributed by atoms with Crippen LogP contribution in [0.5, 0.6) is 0 Å². The minimum Gasteiger partial charge on any atom is -0.465 e. The molecule has 6 nitrogen and oxygen atoms in total. The predicted octanol–water partition coefficient (Wildman–Crippen LogP) is 4.12. The van der Waals surface area contributed by atoms with Crippen molar-refractivity contribution < 1.29 is 9.21 Å².